The van der Waals surface area contributed by atoms with Gasteiger partial charge < -0.3 is 25.0 Å². The average Bonchev–Trinajstić information content (AvgIpc) is 2.77. The van der Waals surface area contributed by atoms with Crippen molar-refractivity contribution < 1.29 is 19.0 Å². The van der Waals surface area contributed by atoms with Crippen LogP contribution in [0.1, 0.15) is 26.3 Å². The first-order valence-corrected chi connectivity index (χ1v) is 8.55. The third-order valence-electron chi connectivity index (χ3n) is 4.76. The molecule has 2 N–H and O–H groups in total. The number of nitrogens with zero attached hydrogens (tertiary/aromatic N) is 3. The molecule has 1 saturated heterocycles. The Morgan fingerprint density at radius 3 is 2.88 bits per heavy atom. The van der Waals surface area contributed by atoms with Crippen LogP contribution in [0.5, 0.6) is 5.88 Å². The molecule has 0 bridgehead atoms. The third-order valence-corrected chi connectivity index (χ3v) is 4.76. The number of rotatable bonds is 1. The van der Waals surface area contributed by atoms with Gasteiger partial charge in [0.1, 0.15) is 6.61 Å². The average molecular weight is 352 g/mol. The van der Waals surface area contributed by atoms with Crippen LogP contribution in [-0.2, 0) is 6.54 Å². The SMILES string of the molecule is CC(C)(C)C1CN(c2nc3c(cc2F)CNCCO3)CCN1C(=O)O. The molecule has 1 aromatic heterocycles. The molecule has 1 atom stereocenters. The predicted octanol–water partition coefficient (Wildman–Crippen LogP) is 1.92. The molecule has 3 heterocycles. The van der Waals surface area contributed by atoms with Crippen LogP contribution in [0.25, 0.3) is 0 Å². The Bertz CT molecular complexity index is 662. The molecule has 1 aromatic rings. The Labute approximate surface area is 146 Å². The van der Waals surface area contributed by atoms with Gasteiger partial charge in [-0.05, 0) is 11.5 Å². The number of anilines is 1. The Kier molecular flexibility index (Phi) is 4.73. The summed E-state index contributed by atoms with van der Waals surface area (Å²) < 4.78 is 20.3. The molecule has 0 spiro atoms. The fourth-order valence-electron chi connectivity index (χ4n) is 3.36. The summed E-state index contributed by atoms with van der Waals surface area (Å²) >= 11 is 0. The van der Waals surface area contributed by atoms with E-state index in [-0.39, 0.29) is 17.3 Å². The van der Waals surface area contributed by atoms with E-state index in [1.54, 1.807) is 0 Å². The lowest BCUT2D eigenvalue weighted by Gasteiger charge is -2.46. The zero-order valence-electron chi connectivity index (χ0n) is 14.9. The largest absolute Gasteiger partial charge is 0.476 e. The number of fused-ring (bicyclic) bond motifs is 1. The molecular formula is C17H25FN4O3. The first kappa shape index (κ1) is 17.7. The van der Waals surface area contributed by atoms with E-state index in [2.05, 4.69) is 10.3 Å². The first-order valence-electron chi connectivity index (χ1n) is 8.55. The van der Waals surface area contributed by atoms with Crippen molar-refractivity contribution >= 4 is 11.9 Å². The number of aromatic nitrogens is 1. The number of carbonyl (C=O) groups is 1. The first-order chi connectivity index (χ1) is 11.8. The van der Waals surface area contributed by atoms with Crippen LogP contribution in [0, 0.1) is 11.2 Å². The lowest BCUT2D eigenvalue weighted by Crippen LogP contribution is -2.59. The highest BCUT2D eigenvalue weighted by molar-refractivity contribution is 5.66. The van der Waals surface area contributed by atoms with Crippen LogP contribution in [-0.4, -0.2) is 59.9 Å². The molecule has 1 amide bonds. The van der Waals surface area contributed by atoms with Gasteiger partial charge in [0.05, 0.1) is 6.04 Å². The van der Waals surface area contributed by atoms with Gasteiger partial charge in [0.25, 0.3) is 0 Å². The van der Waals surface area contributed by atoms with Crippen LogP contribution < -0.4 is 15.0 Å². The van der Waals surface area contributed by atoms with Gasteiger partial charge in [0.2, 0.25) is 5.88 Å². The van der Waals surface area contributed by atoms with E-state index in [1.807, 2.05) is 25.7 Å². The number of hydrogen-bond acceptors (Lipinski definition) is 5. The second-order valence-corrected chi connectivity index (χ2v) is 7.59. The Hall–Kier alpha value is -2.09. The van der Waals surface area contributed by atoms with Crippen molar-refractivity contribution in [1.29, 1.82) is 0 Å². The highest BCUT2D eigenvalue weighted by Gasteiger charge is 2.39. The minimum atomic E-state index is -0.940. The van der Waals surface area contributed by atoms with Crippen LogP contribution in [0.4, 0.5) is 15.0 Å². The molecule has 25 heavy (non-hydrogen) atoms. The minimum Gasteiger partial charge on any atom is -0.476 e. The lowest BCUT2D eigenvalue weighted by molar-refractivity contribution is 0.0745. The topological polar surface area (TPSA) is 77.9 Å². The van der Waals surface area contributed by atoms with Gasteiger partial charge in [0, 0.05) is 38.3 Å². The molecule has 0 aliphatic carbocycles. The summed E-state index contributed by atoms with van der Waals surface area (Å²) in [6, 6.07) is 1.22. The molecule has 0 saturated carbocycles. The Morgan fingerprint density at radius 1 is 1.44 bits per heavy atom. The monoisotopic (exact) mass is 352 g/mol. The zero-order chi connectivity index (χ0) is 18.2. The highest BCUT2D eigenvalue weighted by Crippen LogP contribution is 2.32. The zero-order valence-corrected chi connectivity index (χ0v) is 14.9. The van der Waals surface area contributed by atoms with E-state index >= 15 is 0 Å². The molecule has 3 rings (SSSR count). The molecule has 0 aromatic carbocycles. The van der Waals surface area contributed by atoms with E-state index in [0.717, 1.165) is 0 Å². The van der Waals surface area contributed by atoms with Gasteiger partial charge in [-0.2, -0.15) is 4.98 Å². The van der Waals surface area contributed by atoms with Gasteiger partial charge in [0.15, 0.2) is 11.6 Å². The quantitative estimate of drug-likeness (QED) is 0.804. The summed E-state index contributed by atoms with van der Waals surface area (Å²) in [6.45, 7) is 8.80. The molecular weight excluding hydrogens is 327 g/mol. The highest BCUT2D eigenvalue weighted by atomic mass is 19.1. The summed E-state index contributed by atoms with van der Waals surface area (Å²) in [5.74, 6) is 0.289. The summed E-state index contributed by atoms with van der Waals surface area (Å²) in [6.07, 6.45) is -0.940. The molecule has 138 valence electrons. The van der Waals surface area contributed by atoms with Gasteiger partial charge in [-0.1, -0.05) is 20.8 Å². The summed E-state index contributed by atoms with van der Waals surface area (Å²) in [7, 11) is 0. The van der Waals surface area contributed by atoms with Crippen LogP contribution in [0.2, 0.25) is 0 Å². The van der Waals surface area contributed by atoms with E-state index < -0.39 is 11.9 Å². The smallest absolute Gasteiger partial charge is 0.407 e. The van der Waals surface area contributed by atoms with Crippen molar-refractivity contribution in [3.05, 3.63) is 17.4 Å². The minimum absolute atomic E-state index is 0.236. The van der Waals surface area contributed by atoms with Gasteiger partial charge in [-0.25, -0.2) is 9.18 Å². The van der Waals surface area contributed by atoms with Crippen molar-refractivity contribution in [2.24, 2.45) is 5.41 Å². The van der Waals surface area contributed by atoms with Crippen molar-refractivity contribution in [3.8, 4) is 5.88 Å². The van der Waals surface area contributed by atoms with Crippen LogP contribution >= 0.6 is 0 Å². The maximum absolute atomic E-state index is 14.7. The molecule has 2 aliphatic rings. The summed E-state index contributed by atoms with van der Waals surface area (Å²) in [5, 5.41) is 12.6. The predicted molar refractivity (Wildman–Crippen MR) is 91.6 cm³/mol. The maximum Gasteiger partial charge on any atom is 0.407 e. The molecule has 2 aliphatic heterocycles. The second kappa shape index (κ2) is 6.67. The molecule has 8 heteroatoms. The molecule has 1 fully saturated rings. The third kappa shape index (κ3) is 3.63. The van der Waals surface area contributed by atoms with Crippen molar-refractivity contribution in [3.63, 3.8) is 0 Å². The standard InChI is InChI=1S/C17H25FN4O3/c1-17(2,3)13-10-21(5-6-22(13)16(23)24)14-12(18)8-11-9-19-4-7-25-15(11)20-14/h8,13,19H,4-7,9-10H2,1-3H3,(H,23,24). The number of piperazine rings is 1. The second-order valence-electron chi connectivity index (χ2n) is 7.59. The van der Waals surface area contributed by atoms with Crippen molar-refractivity contribution in [2.45, 2.75) is 33.4 Å². The number of halogens is 1. The summed E-state index contributed by atoms with van der Waals surface area (Å²) in [5.41, 5.74) is 0.440. The molecule has 0 radical (unpaired) electrons. The van der Waals surface area contributed by atoms with E-state index in [0.29, 0.717) is 50.8 Å². The number of pyridine rings is 1. The number of hydrogen-bond donors (Lipinski definition) is 2. The fraction of sp³-hybridized carbons (Fsp3) is 0.647. The van der Waals surface area contributed by atoms with Crippen LogP contribution in [0.15, 0.2) is 6.07 Å². The molecule has 7 nitrogen and oxygen atoms in total. The summed E-state index contributed by atoms with van der Waals surface area (Å²) in [4.78, 5) is 19.2. The van der Waals surface area contributed by atoms with Crippen molar-refractivity contribution in [1.82, 2.24) is 15.2 Å². The Balaban J connectivity index is 1.89. The van der Waals surface area contributed by atoms with Gasteiger partial charge >= 0.3 is 6.09 Å². The van der Waals surface area contributed by atoms with Crippen molar-refractivity contribution in [2.75, 3.05) is 37.7 Å². The lowest BCUT2D eigenvalue weighted by atomic mass is 9.84. The normalized spacial score (nSPS) is 21.4. The molecule has 1 unspecified atom stereocenters. The number of ether oxygens (including phenoxy) is 1. The fourth-order valence-corrected chi connectivity index (χ4v) is 3.36. The van der Waals surface area contributed by atoms with Gasteiger partial charge in [-0.3, -0.25) is 0 Å². The van der Waals surface area contributed by atoms with E-state index in [1.165, 1.54) is 11.0 Å². The number of carboxylic acid groups (broad SMARTS) is 1. The maximum atomic E-state index is 14.7. The van der Waals surface area contributed by atoms with E-state index in [4.69, 9.17) is 4.74 Å². The van der Waals surface area contributed by atoms with Crippen LogP contribution in [0.3, 0.4) is 0 Å². The Morgan fingerprint density at radius 2 is 2.20 bits per heavy atom. The van der Waals surface area contributed by atoms with Gasteiger partial charge in [-0.15, -0.1) is 0 Å². The van der Waals surface area contributed by atoms with E-state index in [9.17, 15) is 14.3 Å². The number of amides is 1. The number of nitrogens with one attached hydrogen (secondary N) is 1.